The highest BCUT2D eigenvalue weighted by Crippen LogP contribution is 2.13. The van der Waals surface area contributed by atoms with E-state index in [0.717, 1.165) is 19.0 Å². The van der Waals surface area contributed by atoms with Gasteiger partial charge in [-0.3, -0.25) is 4.98 Å². The third-order valence-corrected chi connectivity index (χ3v) is 3.69. The van der Waals surface area contributed by atoms with Crippen molar-refractivity contribution >= 4 is 11.3 Å². The van der Waals surface area contributed by atoms with Crippen LogP contribution in [-0.4, -0.2) is 24.6 Å². The van der Waals surface area contributed by atoms with Crippen LogP contribution in [0, 0.1) is 5.92 Å². The third-order valence-electron chi connectivity index (χ3n) is 2.91. The molecule has 84 valence electrons. The van der Waals surface area contributed by atoms with Crippen LogP contribution < -0.4 is 10.6 Å². The van der Waals surface area contributed by atoms with Gasteiger partial charge >= 0.3 is 0 Å². The fraction of sp³-hybridized carbons (Fsp3) is 0.727. The van der Waals surface area contributed by atoms with Gasteiger partial charge in [0.2, 0.25) is 0 Å². The maximum absolute atomic E-state index is 4.05. The second-order valence-electron chi connectivity index (χ2n) is 4.15. The average molecular weight is 225 g/mol. The summed E-state index contributed by atoms with van der Waals surface area (Å²) in [6.45, 7) is 4.57. The number of hydrogen-bond acceptors (Lipinski definition) is 4. The summed E-state index contributed by atoms with van der Waals surface area (Å²) in [5.74, 6) is 0.926. The Morgan fingerprint density at radius 1 is 1.60 bits per heavy atom. The lowest BCUT2D eigenvalue weighted by molar-refractivity contribution is 0.493. The molecule has 2 rings (SSSR count). The Balaban J connectivity index is 1.48. The fourth-order valence-electron chi connectivity index (χ4n) is 2.02. The summed E-state index contributed by atoms with van der Waals surface area (Å²) >= 11 is 1.72. The molecule has 1 aromatic rings. The highest BCUT2D eigenvalue weighted by molar-refractivity contribution is 7.09. The van der Waals surface area contributed by atoms with Crippen LogP contribution in [0.5, 0.6) is 0 Å². The molecule has 4 heteroatoms. The highest BCUT2D eigenvalue weighted by Gasteiger charge is 2.12. The first-order chi connectivity index (χ1) is 7.45. The monoisotopic (exact) mass is 225 g/mol. The van der Waals surface area contributed by atoms with E-state index in [1.54, 1.807) is 11.3 Å². The Bertz CT molecular complexity index is 255. The lowest BCUT2D eigenvalue weighted by Crippen LogP contribution is -2.16. The van der Waals surface area contributed by atoms with Crippen LogP contribution in [-0.2, 0) is 6.54 Å². The van der Waals surface area contributed by atoms with Crippen LogP contribution in [0.1, 0.15) is 24.1 Å². The molecule has 15 heavy (non-hydrogen) atoms. The quantitative estimate of drug-likeness (QED) is 0.722. The number of thiazole rings is 1. The average Bonchev–Trinajstić information content (AvgIpc) is 2.88. The largest absolute Gasteiger partial charge is 0.316 e. The first-order valence-corrected chi connectivity index (χ1v) is 6.62. The number of aromatic nitrogens is 1. The molecule has 0 aromatic carbocycles. The van der Waals surface area contributed by atoms with Gasteiger partial charge in [0, 0.05) is 17.6 Å². The van der Waals surface area contributed by atoms with Crippen molar-refractivity contribution in [1.82, 2.24) is 15.6 Å². The van der Waals surface area contributed by atoms with Gasteiger partial charge in [0.15, 0.2) is 0 Å². The van der Waals surface area contributed by atoms with Crippen LogP contribution in [0.15, 0.2) is 11.7 Å². The third kappa shape index (κ3) is 3.89. The number of hydrogen-bond donors (Lipinski definition) is 2. The van der Waals surface area contributed by atoms with Gasteiger partial charge in [-0.1, -0.05) is 0 Å². The van der Waals surface area contributed by atoms with Gasteiger partial charge in [-0.2, -0.15) is 0 Å². The molecule has 1 atom stereocenters. The predicted molar refractivity (Wildman–Crippen MR) is 64.0 cm³/mol. The molecule has 0 saturated carbocycles. The van der Waals surface area contributed by atoms with Gasteiger partial charge in [0.25, 0.3) is 0 Å². The molecule has 0 spiro atoms. The van der Waals surface area contributed by atoms with Crippen LogP contribution in [0.25, 0.3) is 0 Å². The van der Waals surface area contributed by atoms with Gasteiger partial charge < -0.3 is 10.6 Å². The smallest absolute Gasteiger partial charge is 0.0794 e. The minimum Gasteiger partial charge on any atom is -0.316 e. The Kier molecular flexibility index (Phi) is 4.57. The van der Waals surface area contributed by atoms with E-state index in [9.17, 15) is 0 Å². The lowest BCUT2D eigenvalue weighted by Gasteiger charge is -2.07. The van der Waals surface area contributed by atoms with Crippen molar-refractivity contribution in [2.24, 2.45) is 5.92 Å². The topological polar surface area (TPSA) is 37.0 Å². The van der Waals surface area contributed by atoms with Crippen molar-refractivity contribution in [3.63, 3.8) is 0 Å². The molecule has 2 heterocycles. The van der Waals surface area contributed by atoms with E-state index in [0.29, 0.717) is 0 Å². The Hall–Kier alpha value is -0.450. The Labute approximate surface area is 95.3 Å². The molecule has 1 unspecified atom stereocenters. The second-order valence-corrected chi connectivity index (χ2v) is 5.12. The van der Waals surface area contributed by atoms with Crippen molar-refractivity contribution in [3.8, 4) is 0 Å². The lowest BCUT2D eigenvalue weighted by atomic mass is 10.0. The fourth-order valence-corrected chi connectivity index (χ4v) is 2.58. The zero-order chi connectivity index (χ0) is 10.3. The van der Waals surface area contributed by atoms with E-state index in [1.807, 2.05) is 11.7 Å². The summed E-state index contributed by atoms with van der Waals surface area (Å²) in [5.41, 5.74) is 1.89. The Morgan fingerprint density at radius 2 is 2.60 bits per heavy atom. The van der Waals surface area contributed by atoms with Crippen LogP contribution >= 0.6 is 11.3 Å². The molecular formula is C11H19N3S. The number of rotatable bonds is 6. The number of nitrogens with one attached hydrogen (secondary N) is 2. The zero-order valence-electron chi connectivity index (χ0n) is 9.04. The van der Waals surface area contributed by atoms with E-state index in [2.05, 4.69) is 15.6 Å². The summed E-state index contributed by atoms with van der Waals surface area (Å²) < 4.78 is 0. The maximum Gasteiger partial charge on any atom is 0.0794 e. The van der Waals surface area contributed by atoms with Crippen LogP contribution in [0.4, 0.5) is 0 Å². The van der Waals surface area contributed by atoms with Crippen molar-refractivity contribution in [2.45, 2.75) is 25.8 Å². The second kappa shape index (κ2) is 6.20. The molecule has 1 fully saturated rings. The van der Waals surface area contributed by atoms with Crippen LogP contribution in [0.3, 0.4) is 0 Å². The van der Waals surface area contributed by atoms with Gasteiger partial charge in [-0.05, 0) is 44.8 Å². The van der Waals surface area contributed by atoms with Gasteiger partial charge in [0.1, 0.15) is 0 Å². The van der Waals surface area contributed by atoms with Crippen molar-refractivity contribution in [3.05, 3.63) is 16.6 Å². The molecule has 1 saturated heterocycles. The maximum atomic E-state index is 4.05. The molecule has 0 aliphatic carbocycles. The summed E-state index contributed by atoms with van der Waals surface area (Å²) in [7, 11) is 0. The van der Waals surface area contributed by atoms with Gasteiger partial charge in [-0.25, -0.2) is 0 Å². The first-order valence-electron chi connectivity index (χ1n) is 5.74. The van der Waals surface area contributed by atoms with Crippen molar-refractivity contribution in [2.75, 3.05) is 19.6 Å². The number of nitrogens with zero attached hydrogens (tertiary/aromatic N) is 1. The minimum absolute atomic E-state index is 0.926. The molecule has 0 bridgehead atoms. The molecule has 2 N–H and O–H groups in total. The summed E-state index contributed by atoms with van der Waals surface area (Å²) in [5, 5.41) is 6.87. The zero-order valence-corrected chi connectivity index (χ0v) is 9.85. The van der Waals surface area contributed by atoms with Crippen LogP contribution in [0.2, 0.25) is 0 Å². The van der Waals surface area contributed by atoms with Gasteiger partial charge in [-0.15, -0.1) is 11.3 Å². The molecular weight excluding hydrogens is 206 g/mol. The SMILES string of the molecule is c1ncc(CNCCCC2CCNC2)s1. The van der Waals surface area contributed by atoms with Crippen molar-refractivity contribution in [1.29, 1.82) is 0 Å². The van der Waals surface area contributed by atoms with Gasteiger partial charge in [0.05, 0.1) is 5.51 Å². The normalized spacial score (nSPS) is 20.9. The minimum atomic E-state index is 0.926. The first kappa shape index (κ1) is 11.0. The van der Waals surface area contributed by atoms with E-state index in [1.165, 1.54) is 37.2 Å². The van der Waals surface area contributed by atoms with E-state index >= 15 is 0 Å². The van der Waals surface area contributed by atoms with E-state index < -0.39 is 0 Å². The predicted octanol–water partition coefficient (Wildman–Crippen LogP) is 1.62. The standard InChI is InChI=1S/C11H19N3S/c1(2-10-3-5-13-6-10)4-12-7-11-8-14-9-15-11/h8-10,12-13H,1-7H2. The van der Waals surface area contributed by atoms with Crippen molar-refractivity contribution < 1.29 is 0 Å². The molecule has 0 amide bonds. The molecule has 1 aromatic heterocycles. The molecule has 1 aliphatic rings. The van der Waals surface area contributed by atoms with E-state index in [-0.39, 0.29) is 0 Å². The summed E-state index contributed by atoms with van der Waals surface area (Å²) in [4.78, 5) is 5.39. The van der Waals surface area contributed by atoms with E-state index in [4.69, 9.17) is 0 Å². The molecule has 3 nitrogen and oxygen atoms in total. The molecule has 0 radical (unpaired) electrons. The molecule has 1 aliphatic heterocycles. The summed E-state index contributed by atoms with van der Waals surface area (Å²) in [6, 6.07) is 0. The summed E-state index contributed by atoms with van der Waals surface area (Å²) in [6.07, 6.45) is 5.97. The highest BCUT2D eigenvalue weighted by atomic mass is 32.1. The Morgan fingerprint density at radius 3 is 3.33 bits per heavy atom.